The Hall–Kier alpha value is -2.45. The molecule has 0 aromatic heterocycles. The van der Waals surface area contributed by atoms with Gasteiger partial charge >= 0.3 is 0 Å². The second-order valence-electron chi connectivity index (χ2n) is 6.85. The minimum atomic E-state index is -3.74. The Morgan fingerprint density at radius 3 is 2.37 bits per heavy atom. The Bertz CT molecular complexity index is 923. The molecule has 0 saturated heterocycles. The Morgan fingerprint density at radius 2 is 1.78 bits per heavy atom. The number of benzene rings is 2. The van der Waals surface area contributed by atoms with Crippen molar-refractivity contribution in [2.24, 2.45) is 0 Å². The van der Waals surface area contributed by atoms with Gasteiger partial charge in [-0.1, -0.05) is 43.2 Å². The van der Waals surface area contributed by atoms with Crippen LogP contribution in [0.1, 0.15) is 31.2 Å². The number of nitrogens with one attached hydrogen (secondary N) is 2. The summed E-state index contributed by atoms with van der Waals surface area (Å²) in [4.78, 5) is 10.8. The quantitative estimate of drug-likeness (QED) is 0.558. The van der Waals surface area contributed by atoms with Gasteiger partial charge in [0, 0.05) is 18.0 Å². The molecule has 1 aliphatic carbocycles. The molecule has 7 nitrogen and oxygen atoms in total. The minimum Gasteiger partial charge on any atom is -0.379 e. The molecule has 8 heteroatoms. The first kappa shape index (κ1) is 19.3. The molecule has 1 fully saturated rings. The molecular weight excluding hydrogens is 366 g/mol. The highest BCUT2D eigenvalue weighted by Crippen LogP contribution is 2.41. The van der Waals surface area contributed by atoms with E-state index in [4.69, 9.17) is 0 Å². The maximum absolute atomic E-state index is 11.9. The van der Waals surface area contributed by atoms with Crippen LogP contribution in [0.15, 0.2) is 53.4 Å². The number of rotatable bonds is 7. The fourth-order valence-corrected chi connectivity index (χ4v) is 4.52. The lowest BCUT2D eigenvalue weighted by molar-refractivity contribution is -0.384. The normalized spacial score (nSPS) is 16.2. The van der Waals surface area contributed by atoms with E-state index in [1.807, 2.05) is 18.2 Å². The van der Waals surface area contributed by atoms with E-state index in [-0.39, 0.29) is 16.0 Å². The number of hydrogen-bond donors (Lipinski definition) is 2. The molecule has 0 aliphatic heterocycles. The number of sulfonamides is 1. The molecule has 0 unspecified atom stereocenters. The van der Waals surface area contributed by atoms with Gasteiger partial charge in [-0.15, -0.1) is 0 Å². The van der Waals surface area contributed by atoms with Crippen molar-refractivity contribution in [3.8, 4) is 0 Å². The lowest BCUT2D eigenvalue weighted by Gasteiger charge is -2.30. The summed E-state index contributed by atoms with van der Waals surface area (Å²) in [5, 5.41) is 14.7. The summed E-state index contributed by atoms with van der Waals surface area (Å²) < 4.78 is 26.0. The SMILES string of the molecule is CNS(=O)(=O)c1ccc(NCC2(c3ccccc3)CCCC2)c([N+](=O)[O-])c1. The van der Waals surface area contributed by atoms with Crippen LogP contribution in [0.25, 0.3) is 0 Å². The molecule has 3 rings (SSSR count). The van der Waals surface area contributed by atoms with Crippen LogP contribution < -0.4 is 10.0 Å². The summed E-state index contributed by atoms with van der Waals surface area (Å²) in [6.45, 7) is 0.565. The molecule has 1 aliphatic rings. The van der Waals surface area contributed by atoms with Crippen molar-refractivity contribution in [2.75, 3.05) is 18.9 Å². The number of nitro groups is 1. The lowest BCUT2D eigenvalue weighted by Crippen LogP contribution is -2.31. The van der Waals surface area contributed by atoms with Crippen molar-refractivity contribution in [1.29, 1.82) is 0 Å². The van der Waals surface area contributed by atoms with E-state index in [1.54, 1.807) is 0 Å². The van der Waals surface area contributed by atoms with E-state index < -0.39 is 14.9 Å². The van der Waals surface area contributed by atoms with Crippen LogP contribution in [0.5, 0.6) is 0 Å². The summed E-state index contributed by atoms with van der Waals surface area (Å²) in [5.41, 5.74) is 1.25. The molecule has 0 radical (unpaired) electrons. The van der Waals surface area contributed by atoms with Crippen molar-refractivity contribution in [3.63, 3.8) is 0 Å². The largest absolute Gasteiger partial charge is 0.379 e. The lowest BCUT2D eigenvalue weighted by atomic mass is 9.79. The fraction of sp³-hybridized carbons (Fsp3) is 0.368. The molecule has 144 valence electrons. The maximum atomic E-state index is 11.9. The molecular formula is C19H23N3O4S. The molecule has 2 aromatic rings. The van der Waals surface area contributed by atoms with Gasteiger partial charge in [0.2, 0.25) is 10.0 Å². The average molecular weight is 389 g/mol. The van der Waals surface area contributed by atoms with E-state index in [2.05, 4.69) is 22.2 Å². The maximum Gasteiger partial charge on any atom is 0.293 e. The second-order valence-corrected chi connectivity index (χ2v) is 8.74. The summed E-state index contributed by atoms with van der Waals surface area (Å²) >= 11 is 0. The van der Waals surface area contributed by atoms with Crippen LogP contribution in [0, 0.1) is 10.1 Å². The minimum absolute atomic E-state index is 0.0646. The summed E-state index contributed by atoms with van der Waals surface area (Å²) in [5.74, 6) is 0. The second kappa shape index (κ2) is 7.66. The number of anilines is 1. The predicted molar refractivity (Wildman–Crippen MR) is 104 cm³/mol. The molecule has 2 N–H and O–H groups in total. The third-order valence-corrected chi connectivity index (χ3v) is 6.72. The zero-order valence-electron chi connectivity index (χ0n) is 15.1. The van der Waals surface area contributed by atoms with Crippen molar-refractivity contribution >= 4 is 21.4 Å². The zero-order valence-corrected chi connectivity index (χ0v) is 16.0. The number of hydrogen-bond acceptors (Lipinski definition) is 5. The van der Waals surface area contributed by atoms with E-state index >= 15 is 0 Å². The molecule has 0 spiro atoms. The predicted octanol–water partition coefficient (Wildman–Crippen LogP) is 3.43. The Labute approximate surface area is 159 Å². The highest BCUT2D eigenvalue weighted by molar-refractivity contribution is 7.89. The van der Waals surface area contributed by atoms with E-state index in [0.29, 0.717) is 12.2 Å². The molecule has 0 atom stereocenters. The standard InChI is InChI=1S/C19H23N3O4S/c1-20-27(25,26)16-9-10-17(18(13-16)22(23)24)21-14-19(11-5-6-12-19)15-7-3-2-4-8-15/h2-4,7-10,13,20-21H,5-6,11-12,14H2,1H3. The summed E-state index contributed by atoms with van der Waals surface area (Å²) in [6.07, 6.45) is 4.28. The molecule has 2 aromatic carbocycles. The first-order valence-corrected chi connectivity index (χ1v) is 10.4. The Morgan fingerprint density at radius 1 is 1.11 bits per heavy atom. The Balaban J connectivity index is 1.90. The van der Waals surface area contributed by atoms with Gasteiger partial charge in [-0.05, 0) is 37.6 Å². The van der Waals surface area contributed by atoms with E-state index in [1.165, 1.54) is 24.7 Å². The summed E-state index contributed by atoms with van der Waals surface area (Å²) in [6, 6.07) is 14.1. The molecule has 0 bridgehead atoms. The molecule has 0 amide bonds. The van der Waals surface area contributed by atoms with Crippen molar-refractivity contribution in [2.45, 2.75) is 36.0 Å². The van der Waals surface area contributed by atoms with Crippen LogP contribution in [0.4, 0.5) is 11.4 Å². The monoisotopic (exact) mass is 389 g/mol. The average Bonchev–Trinajstić information content (AvgIpc) is 3.17. The van der Waals surface area contributed by atoms with Gasteiger partial charge < -0.3 is 5.32 Å². The van der Waals surface area contributed by atoms with Gasteiger partial charge in [-0.2, -0.15) is 0 Å². The third-order valence-electron chi connectivity index (χ3n) is 5.31. The van der Waals surface area contributed by atoms with Crippen molar-refractivity contribution < 1.29 is 13.3 Å². The van der Waals surface area contributed by atoms with Crippen LogP contribution >= 0.6 is 0 Å². The molecule has 0 heterocycles. The highest BCUT2D eigenvalue weighted by atomic mass is 32.2. The van der Waals surface area contributed by atoms with Crippen molar-refractivity contribution in [3.05, 3.63) is 64.2 Å². The molecule has 27 heavy (non-hydrogen) atoms. The van der Waals surface area contributed by atoms with Gasteiger partial charge in [0.15, 0.2) is 0 Å². The van der Waals surface area contributed by atoms with E-state index in [0.717, 1.165) is 31.7 Å². The van der Waals surface area contributed by atoms with Gasteiger partial charge in [-0.25, -0.2) is 13.1 Å². The number of nitro benzene ring substituents is 1. The highest BCUT2D eigenvalue weighted by Gasteiger charge is 2.35. The van der Waals surface area contributed by atoms with Crippen LogP contribution in [-0.4, -0.2) is 26.9 Å². The zero-order chi connectivity index (χ0) is 19.5. The first-order valence-electron chi connectivity index (χ1n) is 8.89. The van der Waals surface area contributed by atoms with Gasteiger partial charge in [0.05, 0.1) is 9.82 Å². The van der Waals surface area contributed by atoms with Crippen molar-refractivity contribution in [1.82, 2.24) is 4.72 Å². The third kappa shape index (κ3) is 3.96. The van der Waals surface area contributed by atoms with Crippen LogP contribution in [-0.2, 0) is 15.4 Å². The van der Waals surface area contributed by atoms with Crippen LogP contribution in [0.3, 0.4) is 0 Å². The fourth-order valence-electron chi connectivity index (χ4n) is 3.77. The number of nitrogens with zero attached hydrogens (tertiary/aromatic N) is 1. The topological polar surface area (TPSA) is 101 Å². The van der Waals surface area contributed by atoms with E-state index in [9.17, 15) is 18.5 Å². The van der Waals surface area contributed by atoms with Gasteiger partial charge in [0.1, 0.15) is 5.69 Å². The van der Waals surface area contributed by atoms with Crippen LogP contribution in [0.2, 0.25) is 0 Å². The molecule has 1 saturated carbocycles. The smallest absolute Gasteiger partial charge is 0.293 e. The first-order chi connectivity index (χ1) is 12.9. The Kier molecular flexibility index (Phi) is 5.48. The van der Waals surface area contributed by atoms with Gasteiger partial charge in [0.25, 0.3) is 5.69 Å². The van der Waals surface area contributed by atoms with Gasteiger partial charge in [-0.3, -0.25) is 10.1 Å². The summed E-state index contributed by atoms with van der Waals surface area (Å²) in [7, 11) is -2.46.